The highest BCUT2D eigenvalue weighted by Gasteiger charge is 2.42. The molecule has 0 aliphatic heterocycles. The summed E-state index contributed by atoms with van der Waals surface area (Å²) in [6, 6.07) is 21.7. The molecule has 36 heavy (non-hydrogen) atoms. The Bertz CT molecular complexity index is 1420. The molecule has 3 aromatic carbocycles. The number of hydrogen-bond donors (Lipinski definition) is 0. The molecule has 0 spiro atoms. The van der Waals surface area contributed by atoms with E-state index in [0.29, 0.717) is 39.0 Å². The zero-order chi connectivity index (χ0) is 25.5. The van der Waals surface area contributed by atoms with Crippen LogP contribution in [-0.2, 0) is 19.8 Å². The molecule has 0 aromatic heterocycles. The molecular weight excluding hydrogens is 452 g/mol. The van der Waals surface area contributed by atoms with Crippen LogP contribution < -0.4 is 0 Å². The number of ether oxygens (including phenoxy) is 3. The van der Waals surface area contributed by atoms with Crippen molar-refractivity contribution >= 4 is 17.3 Å². The third-order valence-electron chi connectivity index (χ3n) is 5.94. The molecule has 5 nitrogen and oxygen atoms in total. The second-order valence-corrected chi connectivity index (χ2v) is 7.90. The van der Waals surface area contributed by atoms with Gasteiger partial charge in [-0.2, -0.15) is 0 Å². The van der Waals surface area contributed by atoms with Gasteiger partial charge in [-0.1, -0.05) is 90.4 Å². The summed E-state index contributed by atoms with van der Waals surface area (Å²) in [6.07, 6.45) is 1.64. The van der Waals surface area contributed by atoms with Crippen LogP contribution in [0.1, 0.15) is 43.0 Å². The third-order valence-corrected chi connectivity index (χ3v) is 5.94. The van der Waals surface area contributed by atoms with E-state index in [0.717, 1.165) is 0 Å². The summed E-state index contributed by atoms with van der Waals surface area (Å²) in [4.78, 5) is 25.7. The summed E-state index contributed by atoms with van der Waals surface area (Å²) < 4.78 is 16.1. The van der Waals surface area contributed by atoms with Crippen molar-refractivity contribution in [3.8, 4) is 23.7 Å². The topological polar surface area (TPSA) is 61.8 Å². The summed E-state index contributed by atoms with van der Waals surface area (Å²) in [5.74, 6) is 11.8. The number of benzene rings is 3. The van der Waals surface area contributed by atoms with Crippen molar-refractivity contribution in [2.45, 2.75) is 5.60 Å². The number of carbonyl (C=O) groups is 2. The van der Waals surface area contributed by atoms with Crippen molar-refractivity contribution in [3.05, 3.63) is 112 Å². The Balaban J connectivity index is 1.96. The van der Waals surface area contributed by atoms with Crippen LogP contribution in [0.5, 0.6) is 0 Å². The van der Waals surface area contributed by atoms with E-state index in [9.17, 15) is 9.59 Å². The summed E-state index contributed by atoms with van der Waals surface area (Å²) in [5, 5.41) is 0. The lowest BCUT2D eigenvalue weighted by molar-refractivity contribution is 0.0600. The summed E-state index contributed by atoms with van der Waals surface area (Å²) >= 11 is 0. The van der Waals surface area contributed by atoms with Crippen molar-refractivity contribution in [2.75, 3.05) is 27.9 Å². The first-order valence-electron chi connectivity index (χ1n) is 11.2. The Morgan fingerprint density at radius 2 is 1.44 bits per heavy atom. The molecule has 178 valence electrons. The second kappa shape index (κ2) is 10.9. The summed E-state index contributed by atoms with van der Waals surface area (Å²) in [5.41, 5.74) is 2.62. The molecule has 0 saturated heterocycles. The molecule has 5 heteroatoms. The smallest absolute Gasteiger partial charge is 0.338 e. The Kier molecular flexibility index (Phi) is 7.47. The number of ketones is 1. The number of allylic oxidation sites excluding steroid dienone is 2. The highest BCUT2D eigenvalue weighted by Crippen LogP contribution is 2.42. The van der Waals surface area contributed by atoms with Gasteiger partial charge in [0, 0.05) is 53.7 Å². The van der Waals surface area contributed by atoms with Crippen molar-refractivity contribution < 1.29 is 23.8 Å². The second-order valence-electron chi connectivity index (χ2n) is 7.90. The minimum Gasteiger partial charge on any atom is -0.465 e. The first-order valence-corrected chi connectivity index (χ1v) is 11.2. The Hall–Kier alpha value is -4.42. The molecule has 1 aliphatic rings. The maximum atomic E-state index is 13.2. The fourth-order valence-electron chi connectivity index (χ4n) is 4.25. The van der Waals surface area contributed by atoms with Crippen LogP contribution in [0.4, 0.5) is 0 Å². The normalized spacial score (nSPS) is 13.3. The fraction of sp³-hybridized carbons (Fsp3) is 0.161. The van der Waals surface area contributed by atoms with Gasteiger partial charge < -0.3 is 14.2 Å². The standard InChI is InChI=1S/C31H24O5/c1-34-21-11-10-12-22(23-13-4-5-14-24(23)30(33)35-2)19-20-31(36-3)27-17-8-6-15-25(27)29(32)26-16-7-9-18-28(26)31/h4-9,12-18H,21H2,1-3H3/b22-12+. The van der Waals surface area contributed by atoms with E-state index in [4.69, 9.17) is 14.2 Å². The predicted octanol–water partition coefficient (Wildman–Crippen LogP) is 4.64. The fourth-order valence-corrected chi connectivity index (χ4v) is 4.25. The van der Waals surface area contributed by atoms with Crippen LogP contribution in [0.15, 0.2) is 78.9 Å². The zero-order valence-electron chi connectivity index (χ0n) is 20.3. The van der Waals surface area contributed by atoms with E-state index < -0.39 is 11.6 Å². The highest BCUT2D eigenvalue weighted by molar-refractivity contribution is 6.13. The maximum Gasteiger partial charge on any atom is 0.338 e. The van der Waals surface area contributed by atoms with E-state index in [1.54, 1.807) is 50.6 Å². The van der Waals surface area contributed by atoms with Crippen molar-refractivity contribution in [3.63, 3.8) is 0 Å². The van der Waals surface area contributed by atoms with Gasteiger partial charge >= 0.3 is 5.97 Å². The molecule has 0 atom stereocenters. The number of rotatable bonds is 4. The predicted molar refractivity (Wildman–Crippen MR) is 137 cm³/mol. The molecule has 0 amide bonds. The number of fused-ring (bicyclic) bond motifs is 2. The summed E-state index contributed by atoms with van der Waals surface area (Å²) in [7, 11) is 4.47. The SMILES string of the molecule is COCC#C/C=C(\C#CC1(OC)c2ccccc2C(=O)c2ccccc21)c1ccccc1C(=O)OC. The van der Waals surface area contributed by atoms with E-state index >= 15 is 0 Å². The molecule has 0 radical (unpaired) electrons. The number of methoxy groups -OCH3 is 3. The van der Waals surface area contributed by atoms with Gasteiger partial charge in [0.15, 0.2) is 11.4 Å². The van der Waals surface area contributed by atoms with Crippen LogP contribution in [0.25, 0.3) is 5.57 Å². The molecule has 0 heterocycles. The monoisotopic (exact) mass is 476 g/mol. The highest BCUT2D eigenvalue weighted by atomic mass is 16.5. The molecular formula is C31H24O5. The first kappa shape index (κ1) is 24.7. The van der Waals surface area contributed by atoms with Gasteiger partial charge in [-0.25, -0.2) is 4.79 Å². The average Bonchev–Trinajstić information content (AvgIpc) is 2.94. The first-order chi connectivity index (χ1) is 17.6. The van der Waals surface area contributed by atoms with Crippen molar-refractivity contribution in [1.29, 1.82) is 0 Å². The molecule has 0 unspecified atom stereocenters. The number of carbonyl (C=O) groups excluding carboxylic acids is 2. The lowest BCUT2D eigenvalue weighted by Gasteiger charge is -2.35. The quantitative estimate of drug-likeness (QED) is 0.405. The van der Waals surface area contributed by atoms with Gasteiger partial charge in [-0.05, 0) is 6.07 Å². The molecule has 0 bridgehead atoms. The van der Waals surface area contributed by atoms with Crippen LogP contribution >= 0.6 is 0 Å². The maximum absolute atomic E-state index is 13.2. The summed E-state index contributed by atoms with van der Waals surface area (Å²) in [6.45, 7) is 0.251. The molecule has 4 rings (SSSR count). The molecule has 1 aliphatic carbocycles. The minimum absolute atomic E-state index is 0.0760. The molecule has 0 N–H and O–H groups in total. The van der Waals surface area contributed by atoms with Crippen LogP contribution in [0, 0.1) is 23.7 Å². The van der Waals surface area contributed by atoms with Gasteiger partial charge in [0.25, 0.3) is 0 Å². The molecule has 3 aromatic rings. The van der Waals surface area contributed by atoms with Gasteiger partial charge in [-0.3, -0.25) is 4.79 Å². The van der Waals surface area contributed by atoms with E-state index in [2.05, 4.69) is 23.7 Å². The number of hydrogen-bond acceptors (Lipinski definition) is 5. The van der Waals surface area contributed by atoms with Gasteiger partial charge in [0.1, 0.15) is 6.61 Å². The van der Waals surface area contributed by atoms with E-state index in [-0.39, 0.29) is 12.4 Å². The minimum atomic E-state index is -1.21. The van der Waals surface area contributed by atoms with Crippen molar-refractivity contribution in [1.82, 2.24) is 0 Å². The third kappa shape index (κ3) is 4.46. The Morgan fingerprint density at radius 1 is 0.861 bits per heavy atom. The molecule has 0 fully saturated rings. The zero-order valence-corrected chi connectivity index (χ0v) is 20.3. The van der Waals surface area contributed by atoms with Crippen molar-refractivity contribution in [2.24, 2.45) is 0 Å². The Labute approximate surface area is 210 Å². The van der Waals surface area contributed by atoms with E-state index in [1.807, 2.05) is 42.5 Å². The van der Waals surface area contributed by atoms with Gasteiger partial charge in [-0.15, -0.1) is 0 Å². The Morgan fingerprint density at radius 3 is 2.03 bits per heavy atom. The van der Waals surface area contributed by atoms with Crippen LogP contribution in [-0.4, -0.2) is 39.7 Å². The van der Waals surface area contributed by atoms with Gasteiger partial charge in [0.05, 0.1) is 12.7 Å². The van der Waals surface area contributed by atoms with E-state index in [1.165, 1.54) is 7.11 Å². The molecule has 0 saturated carbocycles. The number of esters is 1. The largest absolute Gasteiger partial charge is 0.465 e. The lowest BCUT2D eigenvalue weighted by Crippen LogP contribution is -2.36. The average molecular weight is 477 g/mol. The van der Waals surface area contributed by atoms with Crippen LogP contribution in [0.3, 0.4) is 0 Å². The van der Waals surface area contributed by atoms with Gasteiger partial charge in [0.2, 0.25) is 0 Å². The lowest BCUT2D eigenvalue weighted by atomic mass is 9.74. The van der Waals surface area contributed by atoms with Crippen LogP contribution in [0.2, 0.25) is 0 Å².